The molecule has 1 heteroatoms. The van der Waals surface area contributed by atoms with E-state index in [1.165, 1.54) is 45.2 Å². The fourth-order valence-corrected chi connectivity index (χ4v) is 1.52. The third kappa shape index (κ3) is 3.76. The molecule has 0 aromatic rings. The average Bonchev–Trinajstić information content (AvgIpc) is 2.67. The standard InChI is InChI=1S/C10H21N/c1-3-4-5-6-7-8-11-9-10(11)2/h10H,3-9H2,1-2H3. The first-order valence-electron chi connectivity index (χ1n) is 5.08. The molecule has 2 atom stereocenters. The molecule has 66 valence electrons. The van der Waals surface area contributed by atoms with Gasteiger partial charge in [-0.3, -0.25) is 4.90 Å². The van der Waals surface area contributed by atoms with Crippen LogP contribution in [0.5, 0.6) is 0 Å². The van der Waals surface area contributed by atoms with Crippen molar-refractivity contribution in [1.82, 2.24) is 4.90 Å². The highest BCUT2D eigenvalue weighted by molar-refractivity contribution is 4.83. The van der Waals surface area contributed by atoms with E-state index in [0.717, 1.165) is 6.04 Å². The topological polar surface area (TPSA) is 3.01 Å². The molecule has 0 aromatic heterocycles. The van der Waals surface area contributed by atoms with Gasteiger partial charge in [-0.25, -0.2) is 0 Å². The Labute approximate surface area is 70.8 Å². The predicted octanol–water partition coefficient (Wildman–Crippen LogP) is 2.66. The van der Waals surface area contributed by atoms with Crippen LogP contribution in [0.1, 0.15) is 46.0 Å². The Bertz CT molecular complexity index is 101. The van der Waals surface area contributed by atoms with E-state index in [2.05, 4.69) is 18.7 Å². The fraction of sp³-hybridized carbons (Fsp3) is 1.00. The monoisotopic (exact) mass is 155 g/mol. The lowest BCUT2D eigenvalue weighted by molar-refractivity contribution is 0.478. The summed E-state index contributed by atoms with van der Waals surface area (Å²) >= 11 is 0. The van der Waals surface area contributed by atoms with Crippen molar-refractivity contribution in [3.63, 3.8) is 0 Å². The minimum Gasteiger partial charge on any atom is -0.298 e. The Balaban J connectivity index is 1.74. The van der Waals surface area contributed by atoms with Crippen molar-refractivity contribution in [2.45, 2.75) is 52.0 Å². The summed E-state index contributed by atoms with van der Waals surface area (Å²) in [6.07, 6.45) is 7.09. The van der Waals surface area contributed by atoms with Crippen molar-refractivity contribution in [1.29, 1.82) is 0 Å². The lowest BCUT2D eigenvalue weighted by atomic mass is 10.1. The van der Waals surface area contributed by atoms with Crippen molar-refractivity contribution >= 4 is 0 Å². The highest BCUT2D eigenvalue weighted by Crippen LogP contribution is 2.16. The van der Waals surface area contributed by atoms with E-state index in [1.807, 2.05) is 0 Å². The SMILES string of the molecule is CCCCCCCN1CC1C. The van der Waals surface area contributed by atoms with Gasteiger partial charge in [0.1, 0.15) is 0 Å². The Hall–Kier alpha value is -0.0400. The highest BCUT2D eigenvalue weighted by atomic mass is 15.3. The lowest BCUT2D eigenvalue weighted by Crippen LogP contribution is -2.01. The van der Waals surface area contributed by atoms with Crippen LogP contribution >= 0.6 is 0 Å². The molecule has 0 aromatic carbocycles. The second kappa shape index (κ2) is 4.76. The van der Waals surface area contributed by atoms with Gasteiger partial charge in [0.15, 0.2) is 0 Å². The molecule has 2 unspecified atom stereocenters. The van der Waals surface area contributed by atoms with Crippen LogP contribution in [0, 0.1) is 0 Å². The Kier molecular flexibility index (Phi) is 3.92. The summed E-state index contributed by atoms with van der Waals surface area (Å²) in [5.74, 6) is 0. The summed E-state index contributed by atoms with van der Waals surface area (Å²) < 4.78 is 0. The van der Waals surface area contributed by atoms with E-state index in [4.69, 9.17) is 0 Å². The molecular formula is C10H21N. The normalized spacial score (nSPS) is 28.9. The van der Waals surface area contributed by atoms with E-state index in [9.17, 15) is 0 Å². The maximum atomic E-state index is 2.55. The Morgan fingerprint density at radius 1 is 1.18 bits per heavy atom. The summed E-state index contributed by atoms with van der Waals surface area (Å²) in [5, 5.41) is 0. The summed E-state index contributed by atoms with van der Waals surface area (Å²) in [5.41, 5.74) is 0. The zero-order valence-electron chi connectivity index (χ0n) is 7.97. The van der Waals surface area contributed by atoms with Crippen LogP contribution in [-0.2, 0) is 0 Å². The summed E-state index contributed by atoms with van der Waals surface area (Å²) in [4.78, 5) is 2.55. The number of nitrogens with zero attached hydrogens (tertiary/aromatic N) is 1. The van der Waals surface area contributed by atoms with Gasteiger partial charge in [-0.15, -0.1) is 0 Å². The lowest BCUT2D eigenvalue weighted by Gasteiger charge is -2.00. The molecule has 1 aliphatic rings. The van der Waals surface area contributed by atoms with Gasteiger partial charge in [-0.05, 0) is 19.9 Å². The molecule has 0 saturated carbocycles. The predicted molar refractivity (Wildman–Crippen MR) is 49.8 cm³/mol. The van der Waals surface area contributed by atoms with Crippen LogP contribution in [0.15, 0.2) is 0 Å². The van der Waals surface area contributed by atoms with E-state index >= 15 is 0 Å². The minimum absolute atomic E-state index is 0.904. The molecule has 11 heavy (non-hydrogen) atoms. The van der Waals surface area contributed by atoms with Crippen molar-refractivity contribution in [2.75, 3.05) is 13.1 Å². The van der Waals surface area contributed by atoms with Crippen molar-refractivity contribution in [2.24, 2.45) is 0 Å². The smallest absolute Gasteiger partial charge is 0.0195 e. The highest BCUT2D eigenvalue weighted by Gasteiger charge is 2.27. The van der Waals surface area contributed by atoms with Gasteiger partial charge in [-0.2, -0.15) is 0 Å². The zero-order chi connectivity index (χ0) is 8.10. The number of unbranched alkanes of at least 4 members (excludes halogenated alkanes) is 4. The zero-order valence-corrected chi connectivity index (χ0v) is 7.97. The third-order valence-corrected chi connectivity index (χ3v) is 2.54. The van der Waals surface area contributed by atoms with Crippen LogP contribution in [0.4, 0.5) is 0 Å². The van der Waals surface area contributed by atoms with E-state index in [0.29, 0.717) is 0 Å². The third-order valence-electron chi connectivity index (χ3n) is 2.54. The first-order valence-corrected chi connectivity index (χ1v) is 5.08. The van der Waals surface area contributed by atoms with Gasteiger partial charge < -0.3 is 0 Å². The largest absolute Gasteiger partial charge is 0.298 e. The molecule has 0 bridgehead atoms. The summed E-state index contributed by atoms with van der Waals surface area (Å²) in [6, 6.07) is 0.904. The molecule has 1 rings (SSSR count). The molecule has 0 N–H and O–H groups in total. The number of hydrogen-bond acceptors (Lipinski definition) is 1. The van der Waals surface area contributed by atoms with E-state index in [-0.39, 0.29) is 0 Å². The number of hydrogen-bond donors (Lipinski definition) is 0. The van der Waals surface area contributed by atoms with Gasteiger partial charge >= 0.3 is 0 Å². The van der Waals surface area contributed by atoms with E-state index < -0.39 is 0 Å². The molecule has 1 heterocycles. The molecule has 1 fully saturated rings. The molecule has 1 nitrogen and oxygen atoms in total. The maximum absolute atomic E-state index is 2.55. The minimum atomic E-state index is 0.904. The van der Waals surface area contributed by atoms with Gasteiger partial charge in [-0.1, -0.05) is 32.6 Å². The van der Waals surface area contributed by atoms with Crippen molar-refractivity contribution in [3.05, 3.63) is 0 Å². The molecule has 1 saturated heterocycles. The second-order valence-corrected chi connectivity index (χ2v) is 3.76. The maximum Gasteiger partial charge on any atom is 0.0195 e. The second-order valence-electron chi connectivity index (χ2n) is 3.76. The molecule has 1 aliphatic heterocycles. The van der Waals surface area contributed by atoms with Gasteiger partial charge in [0.2, 0.25) is 0 Å². The average molecular weight is 155 g/mol. The van der Waals surface area contributed by atoms with Gasteiger partial charge in [0, 0.05) is 12.6 Å². The van der Waals surface area contributed by atoms with E-state index in [1.54, 1.807) is 0 Å². The van der Waals surface area contributed by atoms with Crippen LogP contribution < -0.4 is 0 Å². The molecule has 0 spiro atoms. The number of rotatable bonds is 6. The summed E-state index contributed by atoms with van der Waals surface area (Å²) in [7, 11) is 0. The van der Waals surface area contributed by atoms with Crippen molar-refractivity contribution in [3.8, 4) is 0 Å². The molecule has 0 aliphatic carbocycles. The van der Waals surface area contributed by atoms with Gasteiger partial charge in [0.05, 0.1) is 0 Å². The van der Waals surface area contributed by atoms with Crippen LogP contribution in [0.2, 0.25) is 0 Å². The van der Waals surface area contributed by atoms with Crippen LogP contribution in [-0.4, -0.2) is 24.0 Å². The Morgan fingerprint density at radius 3 is 2.36 bits per heavy atom. The molecular weight excluding hydrogens is 134 g/mol. The molecule has 0 amide bonds. The van der Waals surface area contributed by atoms with Gasteiger partial charge in [0.25, 0.3) is 0 Å². The van der Waals surface area contributed by atoms with Crippen molar-refractivity contribution < 1.29 is 0 Å². The first kappa shape index (κ1) is 9.05. The first-order chi connectivity index (χ1) is 5.34. The summed E-state index contributed by atoms with van der Waals surface area (Å²) in [6.45, 7) is 7.29. The van der Waals surface area contributed by atoms with Crippen LogP contribution in [0.25, 0.3) is 0 Å². The quantitative estimate of drug-likeness (QED) is 0.421. The molecule has 0 radical (unpaired) electrons. The fourth-order valence-electron chi connectivity index (χ4n) is 1.52. The Morgan fingerprint density at radius 2 is 1.82 bits per heavy atom. The van der Waals surface area contributed by atoms with Crippen LogP contribution in [0.3, 0.4) is 0 Å².